The molecule has 7 heteroatoms. The van der Waals surface area contributed by atoms with E-state index in [2.05, 4.69) is 28.5 Å². The molecule has 0 atom stereocenters. The molecule has 0 saturated heterocycles. The van der Waals surface area contributed by atoms with E-state index in [0.29, 0.717) is 17.3 Å². The SMILES string of the molecule is Cc1ccc(Cc2nnc(NC(=O)c3ccc(Cl)cc3Cl)o2)cc1C. The largest absolute Gasteiger partial charge is 0.407 e. The lowest BCUT2D eigenvalue weighted by Gasteiger charge is -2.04. The summed E-state index contributed by atoms with van der Waals surface area (Å²) in [7, 11) is 0. The molecule has 1 amide bonds. The highest BCUT2D eigenvalue weighted by Gasteiger charge is 2.15. The summed E-state index contributed by atoms with van der Waals surface area (Å²) in [5, 5.41) is 11.1. The molecule has 0 radical (unpaired) electrons. The molecule has 0 aliphatic heterocycles. The number of carbonyl (C=O) groups excluding carboxylic acids is 1. The number of aromatic nitrogens is 2. The number of halogens is 2. The Labute approximate surface area is 155 Å². The lowest BCUT2D eigenvalue weighted by atomic mass is 10.0. The van der Waals surface area contributed by atoms with Gasteiger partial charge in [-0.2, -0.15) is 0 Å². The van der Waals surface area contributed by atoms with Gasteiger partial charge in [-0.25, -0.2) is 0 Å². The van der Waals surface area contributed by atoms with Crippen LogP contribution in [0.5, 0.6) is 0 Å². The molecule has 0 aliphatic carbocycles. The number of anilines is 1. The van der Waals surface area contributed by atoms with Gasteiger partial charge in [-0.1, -0.05) is 46.5 Å². The Morgan fingerprint density at radius 2 is 1.88 bits per heavy atom. The van der Waals surface area contributed by atoms with Gasteiger partial charge in [0.05, 0.1) is 17.0 Å². The van der Waals surface area contributed by atoms with Crippen molar-refractivity contribution in [1.29, 1.82) is 0 Å². The first-order valence-electron chi connectivity index (χ1n) is 7.57. The summed E-state index contributed by atoms with van der Waals surface area (Å²) in [5.41, 5.74) is 3.76. The molecule has 0 fully saturated rings. The molecule has 1 heterocycles. The number of carbonyl (C=O) groups is 1. The zero-order chi connectivity index (χ0) is 18.0. The number of nitrogens with zero attached hydrogens (tertiary/aromatic N) is 2. The van der Waals surface area contributed by atoms with Gasteiger partial charge in [-0.3, -0.25) is 10.1 Å². The molecule has 0 saturated carbocycles. The highest BCUT2D eigenvalue weighted by atomic mass is 35.5. The topological polar surface area (TPSA) is 68.0 Å². The van der Waals surface area contributed by atoms with Gasteiger partial charge in [-0.15, -0.1) is 5.10 Å². The van der Waals surface area contributed by atoms with Gasteiger partial charge in [0.1, 0.15) is 0 Å². The zero-order valence-corrected chi connectivity index (χ0v) is 15.1. The molecule has 3 aromatic rings. The van der Waals surface area contributed by atoms with E-state index < -0.39 is 5.91 Å². The fourth-order valence-electron chi connectivity index (χ4n) is 2.30. The van der Waals surface area contributed by atoms with Gasteiger partial charge in [-0.05, 0) is 48.7 Å². The highest BCUT2D eigenvalue weighted by Crippen LogP contribution is 2.22. The monoisotopic (exact) mass is 375 g/mol. The van der Waals surface area contributed by atoms with Crippen molar-refractivity contribution in [1.82, 2.24) is 10.2 Å². The molecule has 1 N–H and O–H groups in total. The third-order valence-corrected chi connectivity index (χ3v) is 4.34. The fourth-order valence-corrected chi connectivity index (χ4v) is 2.80. The highest BCUT2D eigenvalue weighted by molar-refractivity contribution is 6.37. The first-order valence-corrected chi connectivity index (χ1v) is 8.33. The van der Waals surface area contributed by atoms with Gasteiger partial charge < -0.3 is 4.42 Å². The molecule has 3 rings (SSSR count). The first kappa shape index (κ1) is 17.5. The van der Waals surface area contributed by atoms with E-state index in [1.165, 1.54) is 23.3 Å². The summed E-state index contributed by atoms with van der Waals surface area (Å²) < 4.78 is 5.49. The zero-order valence-electron chi connectivity index (χ0n) is 13.6. The predicted molar refractivity (Wildman–Crippen MR) is 97.4 cm³/mol. The van der Waals surface area contributed by atoms with Crippen LogP contribution in [0.3, 0.4) is 0 Å². The molecule has 128 valence electrons. The quantitative estimate of drug-likeness (QED) is 0.708. The Bertz CT molecular complexity index is 938. The summed E-state index contributed by atoms with van der Waals surface area (Å²) in [4.78, 5) is 12.2. The molecule has 25 heavy (non-hydrogen) atoms. The van der Waals surface area contributed by atoms with E-state index >= 15 is 0 Å². The van der Waals surface area contributed by atoms with Crippen LogP contribution in [0, 0.1) is 13.8 Å². The van der Waals surface area contributed by atoms with Crippen molar-refractivity contribution in [3.05, 3.63) is 74.6 Å². The average Bonchev–Trinajstić information content (AvgIpc) is 2.97. The lowest BCUT2D eigenvalue weighted by molar-refractivity contribution is 0.102. The minimum atomic E-state index is -0.442. The van der Waals surface area contributed by atoms with Crippen LogP contribution in [0.4, 0.5) is 6.01 Å². The number of amides is 1. The van der Waals surface area contributed by atoms with Crippen LogP contribution in [0.15, 0.2) is 40.8 Å². The minimum absolute atomic E-state index is 0.0230. The number of benzene rings is 2. The summed E-state index contributed by atoms with van der Waals surface area (Å²) in [6.45, 7) is 4.11. The molecular formula is C18H15Cl2N3O2. The number of hydrogen-bond acceptors (Lipinski definition) is 4. The maximum Gasteiger partial charge on any atom is 0.322 e. The molecule has 1 aromatic heterocycles. The second-order valence-corrected chi connectivity index (χ2v) is 6.52. The van der Waals surface area contributed by atoms with Crippen LogP contribution < -0.4 is 5.32 Å². The van der Waals surface area contributed by atoms with Crippen LogP contribution in [0.2, 0.25) is 10.0 Å². The van der Waals surface area contributed by atoms with E-state index in [4.69, 9.17) is 27.6 Å². The van der Waals surface area contributed by atoms with Crippen LogP contribution in [-0.2, 0) is 6.42 Å². The summed E-state index contributed by atoms with van der Waals surface area (Å²) in [5.74, 6) is -0.0243. The molecule has 2 aromatic carbocycles. The summed E-state index contributed by atoms with van der Waals surface area (Å²) in [6, 6.07) is 10.8. The number of nitrogens with one attached hydrogen (secondary N) is 1. The van der Waals surface area contributed by atoms with E-state index in [1.54, 1.807) is 6.07 Å². The van der Waals surface area contributed by atoms with Crippen molar-refractivity contribution in [3.63, 3.8) is 0 Å². The Hall–Kier alpha value is -2.37. The molecule has 0 unspecified atom stereocenters. The minimum Gasteiger partial charge on any atom is -0.407 e. The molecule has 5 nitrogen and oxygen atoms in total. The fraction of sp³-hybridized carbons (Fsp3) is 0.167. The van der Waals surface area contributed by atoms with Crippen LogP contribution in [0.1, 0.15) is 32.9 Å². The second kappa shape index (κ2) is 7.25. The predicted octanol–water partition coefficient (Wildman–Crippen LogP) is 4.84. The van der Waals surface area contributed by atoms with Crippen molar-refractivity contribution in [3.8, 4) is 0 Å². The van der Waals surface area contributed by atoms with E-state index in [9.17, 15) is 4.79 Å². The Kier molecular flexibility index (Phi) is 5.06. The Balaban J connectivity index is 1.70. The second-order valence-electron chi connectivity index (χ2n) is 5.67. The van der Waals surface area contributed by atoms with Gasteiger partial charge in [0, 0.05) is 5.02 Å². The molecule has 0 spiro atoms. The van der Waals surface area contributed by atoms with Gasteiger partial charge in [0.2, 0.25) is 5.89 Å². The summed E-state index contributed by atoms with van der Waals surface area (Å²) >= 11 is 11.8. The van der Waals surface area contributed by atoms with Gasteiger partial charge >= 0.3 is 6.01 Å². The van der Waals surface area contributed by atoms with Crippen LogP contribution in [-0.4, -0.2) is 16.1 Å². The van der Waals surface area contributed by atoms with Crippen molar-refractivity contribution in [2.24, 2.45) is 0 Å². The normalized spacial score (nSPS) is 10.7. The summed E-state index contributed by atoms with van der Waals surface area (Å²) in [6.07, 6.45) is 0.492. The third-order valence-electron chi connectivity index (χ3n) is 3.79. The third kappa shape index (κ3) is 4.18. The Morgan fingerprint density at radius 1 is 1.08 bits per heavy atom. The maximum absolute atomic E-state index is 12.2. The van der Waals surface area contributed by atoms with E-state index in [1.807, 2.05) is 19.1 Å². The van der Waals surface area contributed by atoms with Gasteiger partial charge in [0.15, 0.2) is 0 Å². The van der Waals surface area contributed by atoms with Crippen molar-refractivity contribution in [2.75, 3.05) is 5.32 Å². The van der Waals surface area contributed by atoms with Crippen molar-refractivity contribution >= 4 is 35.1 Å². The first-order chi connectivity index (χ1) is 11.9. The standard InChI is InChI=1S/C18H15Cl2N3O2/c1-10-3-4-12(7-11(10)2)8-16-22-23-18(25-16)21-17(24)14-6-5-13(19)9-15(14)20/h3-7,9H,8H2,1-2H3,(H,21,23,24). The Morgan fingerprint density at radius 3 is 2.60 bits per heavy atom. The van der Waals surface area contributed by atoms with E-state index in [-0.39, 0.29) is 16.6 Å². The van der Waals surface area contributed by atoms with Crippen molar-refractivity contribution in [2.45, 2.75) is 20.3 Å². The molecular weight excluding hydrogens is 361 g/mol. The van der Waals surface area contributed by atoms with Crippen molar-refractivity contribution < 1.29 is 9.21 Å². The average molecular weight is 376 g/mol. The number of aryl methyl sites for hydroxylation is 2. The van der Waals surface area contributed by atoms with E-state index in [0.717, 1.165) is 5.56 Å². The number of hydrogen-bond donors (Lipinski definition) is 1. The smallest absolute Gasteiger partial charge is 0.322 e. The molecule has 0 aliphatic rings. The molecule has 0 bridgehead atoms. The van der Waals surface area contributed by atoms with Crippen LogP contribution in [0.25, 0.3) is 0 Å². The maximum atomic E-state index is 12.2. The van der Waals surface area contributed by atoms with Crippen LogP contribution >= 0.6 is 23.2 Å². The van der Waals surface area contributed by atoms with Gasteiger partial charge in [0.25, 0.3) is 5.91 Å². The lowest BCUT2D eigenvalue weighted by Crippen LogP contribution is -2.12. The number of rotatable bonds is 4.